The summed E-state index contributed by atoms with van der Waals surface area (Å²) >= 11 is 11.9. The zero-order chi connectivity index (χ0) is 19.4. The molecule has 0 aliphatic carbocycles. The van der Waals surface area contributed by atoms with E-state index in [1.54, 1.807) is 32.4 Å². The fraction of sp³-hybridized carbons (Fsp3) is 0.350. The Morgan fingerprint density at radius 3 is 2.48 bits per heavy atom. The third-order valence-corrected chi connectivity index (χ3v) is 5.00. The molecule has 0 bridgehead atoms. The van der Waals surface area contributed by atoms with Crippen LogP contribution in [0.1, 0.15) is 24.4 Å². The summed E-state index contributed by atoms with van der Waals surface area (Å²) in [5, 5.41) is 0.926. The van der Waals surface area contributed by atoms with E-state index in [-0.39, 0.29) is 18.6 Å². The summed E-state index contributed by atoms with van der Waals surface area (Å²) in [6.45, 7) is 0.586. The van der Waals surface area contributed by atoms with E-state index < -0.39 is 0 Å². The summed E-state index contributed by atoms with van der Waals surface area (Å²) in [7, 11) is 3.24. The van der Waals surface area contributed by atoms with Crippen molar-refractivity contribution in [3.8, 4) is 17.2 Å². The van der Waals surface area contributed by atoms with Crippen LogP contribution < -0.4 is 14.2 Å². The molecular weight excluding hydrogens is 389 g/mol. The van der Waals surface area contributed by atoms with Gasteiger partial charge in [-0.1, -0.05) is 23.2 Å². The van der Waals surface area contributed by atoms with E-state index in [2.05, 4.69) is 0 Å². The number of rotatable bonds is 6. The van der Waals surface area contributed by atoms with Crippen molar-refractivity contribution in [2.24, 2.45) is 0 Å². The zero-order valence-corrected chi connectivity index (χ0v) is 16.7. The van der Waals surface area contributed by atoms with E-state index in [1.165, 1.54) is 0 Å². The van der Waals surface area contributed by atoms with Crippen LogP contribution in [0.3, 0.4) is 0 Å². The molecule has 1 fully saturated rings. The first-order valence-corrected chi connectivity index (χ1v) is 9.37. The van der Waals surface area contributed by atoms with Crippen LogP contribution in [0.25, 0.3) is 0 Å². The molecule has 3 rings (SSSR count). The molecule has 0 aromatic heterocycles. The molecule has 0 radical (unpaired) electrons. The highest BCUT2D eigenvalue weighted by molar-refractivity contribution is 6.34. The molecule has 0 N–H and O–H groups in total. The van der Waals surface area contributed by atoms with Crippen LogP contribution in [0.4, 0.5) is 0 Å². The Morgan fingerprint density at radius 1 is 1.07 bits per heavy atom. The number of likely N-dealkylation sites (tertiary alicyclic amines) is 1. The normalized spacial score (nSPS) is 16.3. The van der Waals surface area contributed by atoms with Crippen molar-refractivity contribution in [1.82, 2.24) is 4.90 Å². The minimum absolute atomic E-state index is 0.0749. The Bertz CT molecular complexity index is 807. The van der Waals surface area contributed by atoms with Gasteiger partial charge in [-0.25, -0.2) is 0 Å². The monoisotopic (exact) mass is 409 g/mol. The second kappa shape index (κ2) is 8.72. The van der Waals surface area contributed by atoms with Crippen molar-refractivity contribution in [1.29, 1.82) is 0 Å². The summed E-state index contributed by atoms with van der Waals surface area (Å²) < 4.78 is 16.4. The molecule has 0 unspecified atom stereocenters. The number of benzene rings is 2. The number of carbonyl (C=O) groups excluding carboxylic acids is 1. The Balaban J connectivity index is 1.75. The first kappa shape index (κ1) is 19.6. The fourth-order valence-corrected chi connectivity index (χ4v) is 3.83. The zero-order valence-electron chi connectivity index (χ0n) is 15.2. The number of halogens is 2. The summed E-state index contributed by atoms with van der Waals surface area (Å²) in [5.41, 5.74) is 0.938. The second-order valence-electron chi connectivity index (χ2n) is 6.25. The molecule has 1 atom stereocenters. The van der Waals surface area contributed by atoms with Gasteiger partial charge in [0.15, 0.2) is 6.61 Å². The summed E-state index contributed by atoms with van der Waals surface area (Å²) in [6, 6.07) is 10.4. The van der Waals surface area contributed by atoms with Crippen LogP contribution in [-0.4, -0.2) is 38.2 Å². The van der Waals surface area contributed by atoms with Crippen LogP contribution in [0.15, 0.2) is 36.4 Å². The van der Waals surface area contributed by atoms with Crippen LogP contribution in [0, 0.1) is 0 Å². The van der Waals surface area contributed by atoms with E-state index >= 15 is 0 Å². The van der Waals surface area contributed by atoms with E-state index in [0.717, 1.165) is 29.9 Å². The molecule has 0 spiro atoms. The lowest BCUT2D eigenvalue weighted by atomic mass is 10.0. The molecule has 0 saturated carbocycles. The molecule has 1 heterocycles. The smallest absolute Gasteiger partial charge is 0.261 e. The van der Waals surface area contributed by atoms with E-state index in [9.17, 15) is 4.79 Å². The van der Waals surface area contributed by atoms with Gasteiger partial charge >= 0.3 is 0 Å². The molecule has 1 aliphatic rings. The predicted octanol–water partition coefficient (Wildman–Crippen LogP) is 4.75. The fourth-order valence-electron chi connectivity index (χ4n) is 3.33. The standard InChI is InChI=1S/C20H21Cl2NO4/c1-25-15-5-6-19(26-2)17(11-15)18-4-3-7-23(18)20(24)12-27-16-9-13(21)8-14(22)10-16/h5-6,8-11,18H,3-4,7,12H2,1-2H3/t18-/m0/s1. The molecule has 7 heteroatoms. The van der Waals surface area contributed by atoms with Gasteiger partial charge in [0.25, 0.3) is 5.91 Å². The minimum atomic E-state index is -0.0986. The Hall–Kier alpha value is -2.11. The highest BCUT2D eigenvalue weighted by atomic mass is 35.5. The quantitative estimate of drug-likeness (QED) is 0.690. The summed E-state index contributed by atoms with van der Waals surface area (Å²) in [4.78, 5) is 14.6. The molecule has 2 aromatic rings. The Labute approximate surface area is 168 Å². The SMILES string of the molecule is COc1ccc(OC)c([C@@H]2CCCN2C(=O)COc2cc(Cl)cc(Cl)c2)c1. The maximum atomic E-state index is 12.8. The lowest BCUT2D eigenvalue weighted by Gasteiger charge is -2.26. The third kappa shape index (κ3) is 4.60. The van der Waals surface area contributed by atoms with Gasteiger partial charge in [0.05, 0.1) is 20.3 Å². The predicted molar refractivity (Wildman–Crippen MR) is 105 cm³/mol. The average molecular weight is 410 g/mol. The van der Waals surface area contributed by atoms with Gasteiger partial charge in [-0.05, 0) is 49.2 Å². The second-order valence-corrected chi connectivity index (χ2v) is 7.12. The number of hydrogen-bond donors (Lipinski definition) is 0. The lowest BCUT2D eigenvalue weighted by molar-refractivity contribution is -0.134. The largest absolute Gasteiger partial charge is 0.497 e. The number of nitrogens with zero attached hydrogens (tertiary/aromatic N) is 1. The van der Waals surface area contributed by atoms with Crippen molar-refractivity contribution >= 4 is 29.1 Å². The van der Waals surface area contributed by atoms with Gasteiger partial charge in [0.2, 0.25) is 0 Å². The van der Waals surface area contributed by atoms with Crippen LogP contribution >= 0.6 is 23.2 Å². The van der Waals surface area contributed by atoms with E-state index in [4.69, 9.17) is 37.4 Å². The van der Waals surface area contributed by atoms with Crippen LogP contribution in [-0.2, 0) is 4.79 Å². The highest BCUT2D eigenvalue weighted by Gasteiger charge is 2.32. The number of amides is 1. The summed E-state index contributed by atoms with van der Waals surface area (Å²) in [5.74, 6) is 1.84. The minimum Gasteiger partial charge on any atom is -0.497 e. The molecular formula is C20H21Cl2NO4. The van der Waals surface area contributed by atoms with Crippen molar-refractivity contribution in [3.63, 3.8) is 0 Å². The Morgan fingerprint density at radius 2 is 1.81 bits per heavy atom. The van der Waals surface area contributed by atoms with Crippen molar-refractivity contribution in [2.45, 2.75) is 18.9 Å². The van der Waals surface area contributed by atoms with Crippen molar-refractivity contribution in [3.05, 3.63) is 52.0 Å². The molecule has 27 heavy (non-hydrogen) atoms. The summed E-state index contributed by atoms with van der Waals surface area (Å²) in [6.07, 6.45) is 1.78. The van der Waals surface area contributed by atoms with Crippen molar-refractivity contribution in [2.75, 3.05) is 27.4 Å². The molecule has 144 valence electrons. The van der Waals surface area contributed by atoms with Crippen LogP contribution in [0.5, 0.6) is 17.2 Å². The van der Waals surface area contributed by atoms with E-state index in [1.807, 2.05) is 23.1 Å². The third-order valence-electron chi connectivity index (χ3n) is 4.57. The molecule has 1 aliphatic heterocycles. The number of hydrogen-bond acceptors (Lipinski definition) is 4. The maximum Gasteiger partial charge on any atom is 0.261 e. The topological polar surface area (TPSA) is 48.0 Å². The van der Waals surface area contributed by atoms with Gasteiger partial charge in [-0.3, -0.25) is 4.79 Å². The lowest BCUT2D eigenvalue weighted by Crippen LogP contribution is -2.34. The van der Waals surface area contributed by atoms with E-state index in [0.29, 0.717) is 22.3 Å². The van der Waals surface area contributed by atoms with Gasteiger partial charge in [0.1, 0.15) is 17.2 Å². The first-order valence-electron chi connectivity index (χ1n) is 8.62. The van der Waals surface area contributed by atoms with Gasteiger partial charge in [-0.2, -0.15) is 0 Å². The molecule has 1 amide bonds. The number of carbonyl (C=O) groups is 1. The van der Waals surface area contributed by atoms with Crippen LogP contribution in [0.2, 0.25) is 10.0 Å². The molecule has 5 nitrogen and oxygen atoms in total. The van der Waals surface area contributed by atoms with Crippen molar-refractivity contribution < 1.29 is 19.0 Å². The van der Waals surface area contributed by atoms with Gasteiger partial charge in [0, 0.05) is 22.2 Å². The maximum absolute atomic E-state index is 12.8. The molecule has 2 aromatic carbocycles. The first-order chi connectivity index (χ1) is 13.0. The highest BCUT2D eigenvalue weighted by Crippen LogP contribution is 2.39. The Kier molecular flexibility index (Phi) is 6.34. The number of methoxy groups -OCH3 is 2. The van der Waals surface area contributed by atoms with Gasteiger partial charge < -0.3 is 19.1 Å². The van der Waals surface area contributed by atoms with Gasteiger partial charge in [-0.15, -0.1) is 0 Å². The average Bonchev–Trinajstić information content (AvgIpc) is 3.14. The number of ether oxygens (including phenoxy) is 3. The molecule has 1 saturated heterocycles.